The molecule has 0 fully saturated rings. The van der Waals surface area contributed by atoms with Crippen LogP contribution in [0.5, 0.6) is 5.75 Å². The van der Waals surface area contributed by atoms with E-state index in [1.54, 1.807) is 0 Å². The first-order valence-corrected chi connectivity index (χ1v) is 10.3. The van der Waals surface area contributed by atoms with E-state index in [9.17, 15) is 4.79 Å². The largest absolute Gasteiger partial charge is 0.482 e. The summed E-state index contributed by atoms with van der Waals surface area (Å²) < 4.78 is 10.0. The molecule has 3 aromatic carbocycles. The molecule has 0 spiro atoms. The number of esters is 1. The second-order valence-electron chi connectivity index (χ2n) is 7.00. The number of unbranched alkanes of at least 4 members (excludes halogenated alkanes) is 1. The van der Waals surface area contributed by atoms with Gasteiger partial charge in [0.2, 0.25) is 0 Å². The first kappa shape index (κ1) is 22.1. The number of benzene rings is 3. The molecule has 0 aromatic heterocycles. The molecular formula is C26H27NO4. The topological polar surface area (TPSA) is 57.1 Å². The van der Waals surface area contributed by atoms with Gasteiger partial charge in [-0.3, -0.25) is 0 Å². The number of carbonyl (C=O) groups excluding carboxylic acids is 1. The van der Waals surface area contributed by atoms with E-state index in [1.807, 2.05) is 91.1 Å². The van der Waals surface area contributed by atoms with E-state index in [0.29, 0.717) is 5.75 Å². The van der Waals surface area contributed by atoms with E-state index in [1.165, 1.54) is 7.11 Å². The minimum Gasteiger partial charge on any atom is -0.482 e. The van der Waals surface area contributed by atoms with Crippen LogP contribution >= 0.6 is 0 Å². The molecule has 31 heavy (non-hydrogen) atoms. The van der Waals surface area contributed by atoms with E-state index in [4.69, 9.17) is 9.57 Å². The van der Waals surface area contributed by atoms with Crippen molar-refractivity contribution in [1.29, 1.82) is 0 Å². The summed E-state index contributed by atoms with van der Waals surface area (Å²) in [4.78, 5) is 17.1. The van der Waals surface area contributed by atoms with Gasteiger partial charge < -0.3 is 14.3 Å². The van der Waals surface area contributed by atoms with Gasteiger partial charge in [0.15, 0.2) is 12.7 Å². The lowest BCUT2D eigenvalue weighted by atomic mass is 10.0. The van der Waals surface area contributed by atoms with Crippen molar-refractivity contribution in [2.45, 2.75) is 25.4 Å². The number of carbonyl (C=O) groups is 1. The maximum Gasteiger partial charge on any atom is 0.343 e. The maximum atomic E-state index is 11.2. The quantitative estimate of drug-likeness (QED) is 0.183. The Hall–Kier alpha value is -3.60. The molecule has 0 heterocycles. The fourth-order valence-corrected chi connectivity index (χ4v) is 3.12. The monoisotopic (exact) mass is 417 g/mol. The molecule has 0 atom stereocenters. The zero-order valence-electron chi connectivity index (χ0n) is 17.6. The fraction of sp³-hybridized carbons (Fsp3) is 0.231. The summed E-state index contributed by atoms with van der Waals surface area (Å²) in [7, 11) is 1.34. The number of ether oxygens (including phenoxy) is 2. The highest BCUT2D eigenvalue weighted by molar-refractivity contribution is 5.70. The lowest BCUT2D eigenvalue weighted by molar-refractivity contribution is -0.142. The van der Waals surface area contributed by atoms with Gasteiger partial charge in [0.25, 0.3) is 0 Å². The molecule has 0 radical (unpaired) electrons. The molecule has 0 aliphatic rings. The summed E-state index contributed by atoms with van der Waals surface area (Å²) in [6, 6.07) is 27.9. The van der Waals surface area contributed by atoms with Crippen LogP contribution in [-0.2, 0) is 20.8 Å². The zero-order valence-corrected chi connectivity index (χ0v) is 17.6. The molecule has 0 N–H and O–H groups in total. The lowest BCUT2D eigenvalue weighted by Crippen LogP contribution is -2.12. The summed E-state index contributed by atoms with van der Waals surface area (Å²) in [6.45, 7) is -0.0893. The van der Waals surface area contributed by atoms with Gasteiger partial charge in [0, 0.05) is 6.21 Å². The maximum absolute atomic E-state index is 11.2. The van der Waals surface area contributed by atoms with Crippen molar-refractivity contribution in [1.82, 2.24) is 0 Å². The van der Waals surface area contributed by atoms with Crippen molar-refractivity contribution in [3.8, 4) is 5.75 Å². The van der Waals surface area contributed by atoms with Gasteiger partial charge in [0.05, 0.1) is 7.11 Å². The molecule has 0 aliphatic carbocycles. The average Bonchev–Trinajstić information content (AvgIpc) is 2.83. The summed E-state index contributed by atoms with van der Waals surface area (Å²) >= 11 is 0. The predicted molar refractivity (Wildman–Crippen MR) is 121 cm³/mol. The molecule has 3 rings (SSSR count). The summed E-state index contributed by atoms with van der Waals surface area (Å²) in [5, 5.41) is 4.23. The summed E-state index contributed by atoms with van der Waals surface area (Å²) in [6.07, 6.45) is 4.18. The Kier molecular flexibility index (Phi) is 8.68. The molecule has 0 amide bonds. The third-order valence-corrected chi connectivity index (χ3v) is 4.73. The van der Waals surface area contributed by atoms with Gasteiger partial charge in [-0.2, -0.15) is 0 Å². The van der Waals surface area contributed by atoms with Gasteiger partial charge in [-0.25, -0.2) is 4.79 Å². The van der Waals surface area contributed by atoms with Gasteiger partial charge in [-0.15, -0.1) is 0 Å². The van der Waals surface area contributed by atoms with Crippen LogP contribution in [0.2, 0.25) is 0 Å². The number of oxime groups is 1. The molecule has 0 bridgehead atoms. The van der Waals surface area contributed by atoms with Crippen LogP contribution in [0, 0.1) is 0 Å². The summed E-state index contributed by atoms with van der Waals surface area (Å²) in [5.41, 5.74) is 3.27. The lowest BCUT2D eigenvalue weighted by Gasteiger charge is -2.15. The van der Waals surface area contributed by atoms with Crippen molar-refractivity contribution in [2.75, 3.05) is 13.7 Å². The van der Waals surface area contributed by atoms with Crippen molar-refractivity contribution in [3.05, 3.63) is 102 Å². The Bertz CT molecular complexity index is 918. The second-order valence-corrected chi connectivity index (χ2v) is 7.00. The normalized spacial score (nSPS) is 10.9. The van der Waals surface area contributed by atoms with Crippen molar-refractivity contribution in [3.63, 3.8) is 0 Å². The fourth-order valence-electron chi connectivity index (χ4n) is 3.12. The van der Waals surface area contributed by atoms with Crippen LogP contribution in [0.4, 0.5) is 0 Å². The molecule has 0 saturated heterocycles. The van der Waals surface area contributed by atoms with E-state index in [0.717, 1.165) is 36.0 Å². The van der Waals surface area contributed by atoms with Crippen molar-refractivity contribution >= 4 is 12.2 Å². The summed E-state index contributed by atoms with van der Waals surface area (Å²) in [5.74, 6) is 0.263. The molecule has 0 aliphatic heterocycles. The highest BCUT2D eigenvalue weighted by Gasteiger charge is 2.14. The van der Waals surface area contributed by atoms with Gasteiger partial charge in [-0.1, -0.05) is 78.0 Å². The second kappa shape index (κ2) is 12.2. The van der Waals surface area contributed by atoms with E-state index in [2.05, 4.69) is 9.89 Å². The van der Waals surface area contributed by atoms with Crippen LogP contribution in [0.15, 0.2) is 90.1 Å². The van der Waals surface area contributed by atoms with E-state index >= 15 is 0 Å². The van der Waals surface area contributed by atoms with Crippen LogP contribution in [0.3, 0.4) is 0 Å². The highest BCUT2D eigenvalue weighted by atomic mass is 16.6. The van der Waals surface area contributed by atoms with Crippen LogP contribution < -0.4 is 4.74 Å². The Labute approximate surface area is 183 Å². The molecular weight excluding hydrogens is 390 g/mol. The Morgan fingerprint density at radius 3 is 2.26 bits per heavy atom. The Balaban J connectivity index is 1.49. The van der Waals surface area contributed by atoms with Gasteiger partial charge >= 0.3 is 5.97 Å². The Morgan fingerprint density at radius 1 is 0.935 bits per heavy atom. The van der Waals surface area contributed by atoms with Crippen LogP contribution in [-0.4, -0.2) is 25.9 Å². The first-order chi connectivity index (χ1) is 15.3. The highest BCUT2D eigenvalue weighted by Crippen LogP contribution is 2.25. The number of hydrogen-bond acceptors (Lipinski definition) is 5. The number of aryl methyl sites for hydroxylation is 1. The minimum atomic E-state index is -0.397. The van der Waals surface area contributed by atoms with Crippen LogP contribution in [0.1, 0.15) is 35.6 Å². The molecule has 0 unspecified atom stereocenters. The molecule has 5 heteroatoms. The van der Waals surface area contributed by atoms with Crippen LogP contribution in [0.25, 0.3) is 0 Å². The first-order valence-electron chi connectivity index (χ1n) is 10.3. The number of rotatable bonds is 11. The average molecular weight is 418 g/mol. The molecule has 5 nitrogen and oxygen atoms in total. The van der Waals surface area contributed by atoms with Gasteiger partial charge in [-0.05, 0) is 48.1 Å². The molecule has 3 aromatic rings. The number of methoxy groups -OCH3 is 1. The molecule has 0 saturated carbocycles. The minimum absolute atomic E-state index is 0.0893. The third-order valence-electron chi connectivity index (χ3n) is 4.73. The van der Waals surface area contributed by atoms with Crippen molar-refractivity contribution < 1.29 is 19.1 Å². The number of nitrogens with zero attached hydrogens (tertiary/aromatic N) is 1. The molecule has 160 valence electrons. The smallest absolute Gasteiger partial charge is 0.343 e. The standard InChI is InChI=1S/C26H27NO4/c1-29-25(28)20-30-24-17-10-12-21(19-24)11-8-9-18-27-31-26(22-13-4-2-5-14-22)23-15-6-3-7-16-23/h2-7,10,12-19,26H,8-9,11,20H2,1H3/b27-18+. The SMILES string of the molecule is COC(=O)COc1cccc(CCC/C=N/OC(c2ccccc2)c2ccccc2)c1. The predicted octanol–water partition coefficient (Wildman–Crippen LogP) is 5.35. The third kappa shape index (κ3) is 7.30. The van der Waals surface area contributed by atoms with Gasteiger partial charge in [0.1, 0.15) is 5.75 Å². The van der Waals surface area contributed by atoms with E-state index < -0.39 is 5.97 Å². The van der Waals surface area contributed by atoms with Crippen molar-refractivity contribution in [2.24, 2.45) is 5.16 Å². The number of hydrogen-bond donors (Lipinski definition) is 0. The Morgan fingerprint density at radius 2 is 1.61 bits per heavy atom. The van der Waals surface area contributed by atoms with E-state index in [-0.39, 0.29) is 12.7 Å². The zero-order chi connectivity index (χ0) is 21.7.